The van der Waals surface area contributed by atoms with Crippen LogP contribution in [0.3, 0.4) is 0 Å². The fraction of sp³-hybridized carbons (Fsp3) is 0.273. The largest absolute Gasteiger partial charge is 0.473 e. The van der Waals surface area contributed by atoms with Gasteiger partial charge in [-0.25, -0.2) is 9.59 Å². The van der Waals surface area contributed by atoms with E-state index in [2.05, 4.69) is 61.5 Å². The Labute approximate surface area is 164 Å². The summed E-state index contributed by atoms with van der Waals surface area (Å²) < 4.78 is 0. The molecule has 1 aliphatic rings. The number of fused-ring (bicyclic) bond motifs is 2. The van der Waals surface area contributed by atoms with Gasteiger partial charge in [0, 0.05) is 13.0 Å². The van der Waals surface area contributed by atoms with Crippen molar-refractivity contribution in [2.45, 2.75) is 18.9 Å². The fourth-order valence-corrected chi connectivity index (χ4v) is 3.14. The highest BCUT2D eigenvalue weighted by molar-refractivity contribution is 6.27. The number of aliphatic carboxylic acids is 2. The number of hydrogen-bond acceptors (Lipinski definition) is 4. The van der Waals surface area contributed by atoms with Crippen LogP contribution >= 0.6 is 0 Å². The Balaban J connectivity index is 0.000000409. The third kappa shape index (κ3) is 5.52. The van der Waals surface area contributed by atoms with Gasteiger partial charge < -0.3 is 20.2 Å². The Bertz CT molecular complexity index is 861. The van der Waals surface area contributed by atoms with E-state index in [0.29, 0.717) is 6.42 Å². The zero-order valence-corrected chi connectivity index (χ0v) is 16.0. The van der Waals surface area contributed by atoms with Gasteiger partial charge in [0.25, 0.3) is 0 Å². The molecule has 0 aromatic heterocycles. The Hall–Kier alpha value is -2.96. The minimum atomic E-state index is -1.82. The first-order valence-electron chi connectivity index (χ1n) is 8.98. The quantitative estimate of drug-likeness (QED) is 0.705. The summed E-state index contributed by atoms with van der Waals surface area (Å²) in [7, 11) is 4.19. The zero-order valence-electron chi connectivity index (χ0n) is 16.0. The van der Waals surface area contributed by atoms with Gasteiger partial charge in [0.2, 0.25) is 0 Å². The first kappa shape index (κ1) is 21.3. The number of carboxylic acids is 2. The number of carbonyl (C=O) groups is 2. The monoisotopic (exact) mass is 383 g/mol. The van der Waals surface area contributed by atoms with Gasteiger partial charge in [-0.05, 0) is 48.3 Å². The number of hydrogen-bond donors (Lipinski definition) is 3. The molecule has 1 unspecified atom stereocenters. The molecule has 0 aliphatic heterocycles. The van der Waals surface area contributed by atoms with Crippen LogP contribution in [0.15, 0.2) is 54.6 Å². The molecule has 28 heavy (non-hydrogen) atoms. The van der Waals surface area contributed by atoms with E-state index in [-0.39, 0.29) is 0 Å². The maximum absolute atomic E-state index is 10.6. The van der Waals surface area contributed by atoms with Gasteiger partial charge in [-0.2, -0.15) is 0 Å². The predicted octanol–water partition coefficient (Wildman–Crippen LogP) is 2.82. The lowest BCUT2D eigenvalue weighted by atomic mass is 9.93. The normalized spacial score (nSPS) is 16.4. The van der Waals surface area contributed by atoms with Gasteiger partial charge >= 0.3 is 11.9 Å². The smallest absolute Gasteiger partial charge is 0.414 e. The van der Waals surface area contributed by atoms with Crippen LogP contribution in [0, 0.1) is 0 Å². The fourth-order valence-electron chi connectivity index (χ4n) is 3.14. The van der Waals surface area contributed by atoms with Crippen molar-refractivity contribution in [3.63, 3.8) is 0 Å². The summed E-state index contributed by atoms with van der Waals surface area (Å²) in [5.74, 6) is -3.65. The number of aliphatic hydroxyl groups is 1. The summed E-state index contributed by atoms with van der Waals surface area (Å²) in [4.78, 5) is 20.4. The molecule has 1 aliphatic carbocycles. The predicted molar refractivity (Wildman–Crippen MR) is 107 cm³/mol. The van der Waals surface area contributed by atoms with Gasteiger partial charge in [-0.1, -0.05) is 54.6 Å². The molecule has 6 heteroatoms. The van der Waals surface area contributed by atoms with Crippen molar-refractivity contribution in [3.8, 4) is 0 Å². The second kappa shape index (κ2) is 9.82. The van der Waals surface area contributed by atoms with Gasteiger partial charge in [-0.3, -0.25) is 0 Å². The van der Waals surface area contributed by atoms with E-state index < -0.39 is 18.0 Å². The van der Waals surface area contributed by atoms with E-state index in [1.165, 1.54) is 22.3 Å². The van der Waals surface area contributed by atoms with Crippen LogP contribution in [0.4, 0.5) is 0 Å². The summed E-state index contributed by atoms with van der Waals surface area (Å²) in [6.07, 6.45) is 3.56. The molecular formula is C22H25NO5. The third-order valence-electron chi connectivity index (χ3n) is 4.44. The highest BCUT2D eigenvalue weighted by Gasteiger charge is 2.22. The lowest BCUT2D eigenvalue weighted by Crippen LogP contribution is -2.12. The molecule has 148 valence electrons. The topological polar surface area (TPSA) is 98.1 Å². The molecule has 1 atom stereocenters. The maximum Gasteiger partial charge on any atom is 0.414 e. The summed E-state index contributed by atoms with van der Waals surface area (Å²) in [5.41, 5.74) is 5.94. The summed E-state index contributed by atoms with van der Waals surface area (Å²) in [5, 5.41) is 25.4. The van der Waals surface area contributed by atoms with Gasteiger partial charge in [0.05, 0.1) is 6.10 Å². The molecular weight excluding hydrogens is 358 g/mol. The first-order chi connectivity index (χ1) is 13.3. The van der Waals surface area contributed by atoms with Crippen LogP contribution in [0.5, 0.6) is 0 Å². The van der Waals surface area contributed by atoms with Crippen molar-refractivity contribution >= 4 is 17.5 Å². The van der Waals surface area contributed by atoms with Crippen molar-refractivity contribution in [1.29, 1.82) is 0 Å². The first-order valence-corrected chi connectivity index (χ1v) is 8.98. The maximum atomic E-state index is 10.6. The van der Waals surface area contributed by atoms with E-state index in [1.807, 2.05) is 12.1 Å². The van der Waals surface area contributed by atoms with Gasteiger partial charge in [0.15, 0.2) is 0 Å². The van der Waals surface area contributed by atoms with Gasteiger partial charge in [-0.15, -0.1) is 0 Å². The number of benzene rings is 2. The Morgan fingerprint density at radius 2 is 1.57 bits per heavy atom. The standard InChI is InChI=1S/C20H23NO.C2H2O4/c1-21(2)13-7-12-17-16-9-4-3-8-15(16)14-20(22)19-11-6-5-10-18(17)19;3-1(4)2(5)6/h3-6,8-12,20,22H,7,13-14H2,1-2H3;(H,3,4)(H,5,6)/b17-12+;. The number of rotatable bonds is 3. The highest BCUT2D eigenvalue weighted by Crippen LogP contribution is 2.37. The van der Waals surface area contributed by atoms with Gasteiger partial charge in [0.1, 0.15) is 0 Å². The lowest BCUT2D eigenvalue weighted by molar-refractivity contribution is -0.159. The summed E-state index contributed by atoms with van der Waals surface area (Å²) in [6.45, 7) is 1.02. The Morgan fingerprint density at radius 1 is 1.00 bits per heavy atom. The molecule has 0 spiro atoms. The molecule has 0 radical (unpaired) electrons. The molecule has 3 rings (SSSR count). The SMILES string of the molecule is CN(C)CC/C=C1\c2ccccc2CC(O)c2ccccc21.O=C(O)C(=O)O. The third-order valence-corrected chi connectivity index (χ3v) is 4.44. The zero-order chi connectivity index (χ0) is 20.7. The summed E-state index contributed by atoms with van der Waals surface area (Å²) >= 11 is 0. The molecule has 2 aromatic carbocycles. The minimum Gasteiger partial charge on any atom is -0.473 e. The van der Waals surface area contributed by atoms with Crippen LogP contribution in [0.25, 0.3) is 5.57 Å². The van der Waals surface area contributed by atoms with Crippen LogP contribution in [-0.4, -0.2) is 52.8 Å². The molecule has 6 nitrogen and oxygen atoms in total. The molecule has 0 heterocycles. The number of carboxylic acid groups (broad SMARTS) is 2. The van der Waals surface area contributed by atoms with Crippen molar-refractivity contribution in [3.05, 3.63) is 76.9 Å². The van der Waals surface area contributed by atoms with E-state index in [9.17, 15) is 5.11 Å². The van der Waals surface area contributed by atoms with E-state index >= 15 is 0 Å². The molecule has 0 saturated heterocycles. The molecule has 0 fully saturated rings. The van der Waals surface area contributed by atoms with Crippen LogP contribution in [-0.2, 0) is 16.0 Å². The average molecular weight is 383 g/mol. The van der Waals surface area contributed by atoms with Crippen LogP contribution in [0.1, 0.15) is 34.8 Å². The second-order valence-corrected chi connectivity index (χ2v) is 6.78. The summed E-state index contributed by atoms with van der Waals surface area (Å²) in [6, 6.07) is 16.7. The molecule has 0 saturated carbocycles. The molecule has 0 amide bonds. The Morgan fingerprint density at radius 3 is 2.18 bits per heavy atom. The van der Waals surface area contributed by atoms with Crippen molar-refractivity contribution in [1.82, 2.24) is 4.90 Å². The van der Waals surface area contributed by atoms with Crippen molar-refractivity contribution in [2.24, 2.45) is 0 Å². The Kier molecular flexibility index (Phi) is 7.49. The number of aliphatic hydroxyl groups excluding tert-OH is 1. The van der Waals surface area contributed by atoms with Crippen LogP contribution in [0.2, 0.25) is 0 Å². The van der Waals surface area contributed by atoms with E-state index in [0.717, 1.165) is 18.5 Å². The molecule has 2 aromatic rings. The van der Waals surface area contributed by atoms with Crippen molar-refractivity contribution in [2.75, 3.05) is 20.6 Å². The highest BCUT2D eigenvalue weighted by atomic mass is 16.4. The van der Waals surface area contributed by atoms with Crippen LogP contribution < -0.4 is 0 Å². The van der Waals surface area contributed by atoms with Crippen molar-refractivity contribution < 1.29 is 24.9 Å². The average Bonchev–Trinajstić information content (AvgIpc) is 2.77. The molecule has 0 bridgehead atoms. The number of nitrogens with zero attached hydrogens (tertiary/aromatic N) is 1. The minimum absolute atomic E-state index is 0.433. The van der Waals surface area contributed by atoms with E-state index in [4.69, 9.17) is 19.8 Å². The molecule has 3 N–H and O–H groups in total. The van der Waals surface area contributed by atoms with E-state index in [1.54, 1.807) is 0 Å². The second-order valence-electron chi connectivity index (χ2n) is 6.78. The lowest BCUT2D eigenvalue weighted by Gasteiger charge is -2.14.